The van der Waals surface area contributed by atoms with Crippen LogP contribution >= 0.6 is 0 Å². The maximum atomic E-state index is 10.0. The van der Waals surface area contributed by atoms with E-state index in [1.165, 1.54) is 19.3 Å². The molecule has 0 aromatic carbocycles. The summed E-state index contributed by atoms with van der Waals surface area (Å²) in [5.41, 5.74) is 0. The van der Waals surface area contributed by atoms with Crippen LogP contribution in [-0.4, -0.2) is 11.1 Å². The Bertz CT molecular complexity index is 94.1. The molecule has 0 unspecified atom stereocenters. The number of carboxylic acids is 1. The average molecular weight is 334 g/mol. The van der Waals surface area contributed by atoms with Gasteiger partial charge in [-0.05, 0) is 6.42 Å². The van der Waals surface area contributed by atoms with Crippen LogP contribution < -0.4 is 0 Å². The Hall–Kier alpha value is 0.106. The maximum absolute atomic E-state index is 10.0. The fourth-order valence-electron chi connectivity index (χ4n) is 0.880. The first kappa shape index (κ1) is 13.7. The molecule has 0 aliphatic rings. The number of carboxylic acid groups (broad SMARTS) is 1. The quantitative estimate of drug-likeness (QED) is 0.758. The topological polar surface area (TPSA) is 37.3 Å². The molecule has 0 saturated carbocycles. The summed E-state index contributed by atoms with van der Waals surface area (Å²) in [5, 5.41) is 8.27. The molecule has 0 radical (unpaired) electrons. The first-order chi connectivity index (χ1) is 4.77. The zero-order chi connectivity index (χ0) is 7.82. The van der Waals surface area contributed by atoms with Crippen LogP contribution in [0.5, 0.6) is 0 Å². The molecule has 0 aromatic rings. The minimum atomic E-state index is -0.670. The molecule has 0 saturated heterocycles. The molecule has 0 aliphatic carbocycles. The van der Waals surface area contributed by atoms with Gasteiger partial charge in [0.25, 0.3) is 0 Å². The molecule has 0 amide bonds. The second-order valence-corrected chi connectivity index (χ2v) is 2.56. The van der Waals surface area contributed by atoms with Gasteiger partial charge in [-0.3, -0.25) is 4.79 Å². The molecule has 0 heterocycles. The van der Waals surface area contributed by atoms with Crippen molar-refractivity contribution in [2.45, 2.75) is 45.4 Å². The first-order valence-corrected chi connectivity index (χ1v) is 3.99. The van der Waals surface area contributed by atoms with Gasteiger partial charge in [-0.1, -0.05) is 32.6 Å². The molecule has 0 fully saturated rings. The third-order valence-electron chi connectivity index (χ3n) is 1.49. The monoisotopic (exact) mass is 336 g/mol. The van der Waals surface area contributed by atoms with Gasteiger partial charge in [0.15, 0.2) is 0 Å². The molecule has 68 valence electrons. The maximum Gasteiger partial charge on any atom is 0.303 e. The van der Waals surface area contributed by atoms with Crippen molar-refractivity contribution in [1.82, 2.24) is 0 Å². The molecule has 1 N–H and O–H groups in total. The Morgan fingerprint density at radius 2 is 1.73 bits per heavy atom. The van der Waals surface area contributed by atoms with Crippen LogP contribution in [0.1, 0.15) is 45.4 Å². The normalized spacial score (nSPS) is 8.82. The minimum Gasteiger partial charge on any atom is -0.481 e. The molecule has 0 spiro atoms. The number of hydrogen-bond acceptors (Lipinski definition) is 1. The molecular formula is C8H16O2Os. The molecule has 11 heavy (non-hydrogen) atoms. The Balaban J connectivity index is 0. The number of hydrogen-bond donors (Lipinski definition) is 1. The van der Waals surface area contributed by atoms with Crippen molar-refractivity contribution in [1.29, 1.82) is 0 Å². The number of aliphatic carboxylic acids is 1. The van der Waals surface area contributed by atoms with Gasteiger partial charge in [0, 0.05) is 26.2 Å². The zero-order valence-corrected chi connectivity index (χ0v) is 9.49. The van der Waals surface area contributed by atoms with Crippen molar-refractivity contribution in [3.63, 3.8) is 0 Å². The zero-order valence-electron chi connectivity index (χ0n) is 6.95. The van der Waals surface area contributed by atoms with Crippen LogP contribution in [0, 0.1) is 0 Å². The van der Waals surface area contributed by atoms with Crippen LogP contribution in [0.25, 0.3) is 0 Å². The van der Waals surface area contributed by atoms with Crippen LogP contribution in [-0.2, 0) is 24.6 Å². The van der Waals surface area contributed by atoms with Crippen molar-refractivity contribution >= 4 is 5.97 Å². The van der Waals surface area contributed by atoms with Gasteiger partial charge in [-0.15, -0.1) is 0 Å². The minimum absolute atomic E-state index is 0. The Labute approximate surface area is 81.4 Å². The fourth-order valence-corrected chi connectivity index (χ4v) is 0.880. The Morgan fingerprint density at radius 3 is 2.18 bits per heavy atom. The molecule has 0 bridgehead atoms. The molecule has 3 heteroatoms. The Morgan fingerprint density at radius 1 is 1.18 bits per heavy atom. The van der Waals surface area contributed by atoms with E-state index in [2.05, 4.69) is 6.92 Å². The van der Waals surface area contributed by atoms with E-state index in [-0.39, 0.29) is 19.8 Å². The summed E-state index contributed by atoms with van der Waals surface area (Å²) in [4.78, 5) is 10.0. The molecular weight excluding hydrogens is 318 g/mol. The van der Waals surface area contributed by atoms with Crippen molar-refractivity contribution in [3.05, 3.63) is 0 Å². The third kappa shape index (κ3) is 13.2. The molecule has 0 atom stereocenters. The van der Waals surface area contributed by atoms with Crippen LogP contribution in [0.2, 0.25) is 0 Å². The van der Waals surface area contributed by atoms with Gasteiger partial charge >= 0.3 is 5.97 Å². The molecule has 0 rings (SSSR count). The van der Waals surface area contributed by atoms with Crippen LogP contribution in [0.4, 0.5) is 0 Å². The number of carbonyl (C=O) groups is 1. The summed E-state index contributed by atoms with van der Waals surface area (Å²) in [7, 11) is 0. The van der Waals surface area contributed by atoms with Crippen molar-refractivity contribution < 1.29 is 29.7 Å². The number of rotatable bonds is 6. The predicted molar refractivity (Wildman–Crippen MR) is 41.0 cm³/mol. The summed E-state index contributed by atoms with van der Waals surface area (Å²) >= 11 is 0. The van der Waals surface area contributed by atoms with E-state index in [1.807, 2.05) is 0 Å². The van der Waals surface area contributed by atoms with E-state index in [0.29, 0.717) is 6.42 Å². The van der Waals surface area contributed by atoms with E-state index in [0.717, 1.165) is 12.8 Å². The molecule has 0 aromatic heterocycles. The van der Waals surface area contributed by atoms with E-state index in [9.17, 15) is 4.79 Å². The summed E-state index contributed by atoms with van der Waals surface area (Å²) in [6, 6.07) is 0. The van der Waals surface area contributed by atoms with Crippen molar-refractivity contribution in [2.75, 3.05) is 0 Å². The van der Waals surface area contributed by atoms with E-state index >= 15 is 0 Å². The van der Waals surface area contributed by atoms with E-state index in [1.54, 1.807) is 0 Å². The number of unbranched alkanes of at least 4 members (excludes halogenated alkanes) is 4. The van der Waals surface area contributed by atoms with Gasteiger partial charge < -0.3 is 5.11 Å². The Kier molecular flexibility index (Phi) is 12.6. The second-order valence-electron chi connectivity index (χ2n) is 2.56. The first-order valence-electron chi connectivity index (χ1n) is 3.99. The van der Waals surface area contributed by atoms with Gasteiger partial charge in [-0.2, -0.15) is 0 Å². The SMILES string of the molecule is CCCCCCCC(=O)O.[Os]. The predicted octanol–water partition coefficient (Wildman–Crippen LogP) is 2.43. The molecule has 0 aliphatic heterocycles. The second kappa shape index (κ2) is 10.1. The summed E-state index contributed by atoms with van der Waals surface area (Å²) < 4.78 is 0. The standard InChI is InChI=1S/C8H16O2.Os/c1-2-3-4-5-6-7-8(9)10;/h2-7H2,1H3,(H,9,10);. The summed E-state index contributed by atoms with van der Waals surface area (Å²) in [5.74, 6) is -0.670. The van der Waals surface area contributed by atoms with Crippen LogP contribution in [0.15, 0.2) is 0 Å². The summed E-state index contributed by atoms with van der Waals surface area (Å²) in [6.07, 6.45) is 5.88. The van der Waals surface area contributed by atoms with Gasteiger partial charge in [0.1, 0.15) is 0 Å². The van der Waals surface area contributed by atoms with Crippen molar-refractivity contribution in [2.24, 2.45) is 0 Å². The summed E-state index contributed by atoms with van der Waals surface area (Å²) in [6.45, 7) is 2.15. The van der Waals surface area contributed by atoms with Gasteiger partial charge in [0.2, 0.25) is 0 Å². The largest absolute Gasteiger partial charge is 0.481 e. The van der Waals surface area contributed by atoms with Gasteiger partial charge in [0.05, 0.1) is 0 Å². The van der Waals surface area contributed by atoms with Crippen LogP contribution in [0.3, 0.4) is 0 Å². The molecule has 2 nitrogen and oxygen atoms in total. The van der Waals surface area contributed by atoms with E-state index in [4.69, 9.17) is 5.11 Å². The smallest absolute Gasteiger partial charge is 0.303 e. The third-order valence-corrected chi connectivity index (χ3v) is 1.49. The van der Waals surface area contributed by atoms with Gasteiger partial charge in [-0.25, -0.2) is 0 Å². The fraction of sp³-hybridized carbons (Fsp3) is 0.875. The van der Waals surface area contributed by atoms with Crippen molar-refractivity contribution in [3.8, 4) is 0 Å². The van der Waals surface area contributed by atoms with E-state index < -0.39 is 5.97 Å². The average Bonchev–Trinajstić information content (AvgIpc) is 1.87.